The van der Waals surface area contributed by atoms with Gasteiger partial charge in [0.05, 0.1) is 0 Å². The molecule has 0 unspecified atom stereocenters. The normalized spacial score (nSPS) is 15.2. The predicted octanol–water partition coefficient (Wildman–Crippen LogP) is -0.183. The number of rotatable bonds is 7. The van der Waals surface area contributed by atoms with E-state index in [9.17, 15) is 71.4 Å². The Kier molecular flexibility index (Phi) is 7.02. The summed E-state index contributed by atoms with van der Waals surface area (Å²) in [6, 6.07) is 0. The zero-order valence-electron chi connectivity index (χ0n) is 11.2. The number of carbonyl (C=O) groups excluding carboxylic acids is 1. The van der Waals surface area contributed by atoms with E-state index < -0.39 is 47.9 Å². The van der Waals surface area contributed by atoms with E-state index in [-0.39, 0.29) is 18.9 Å². The van der Waals surface area contributed by atoms with E-state index in [4.69, 9.17) is 0 Å². The number of carboxylic acid groups (broad SMARTS) is 1. The zero-order chi connectivity index (χ0) is 20.2. The van der Waals surface area contributed by atoms with Gasteiger partial charge in [0.15, 0.2) is 0 Å². The summed E-state index contributed by atoms with van der Waals surface area (Å²) in [5, 5.41) is 9.62. The molecule has 0 amide bonds. The van der Waals surface area contributed by atoms with Crippen LogP contribution in [0, 0.1) is 0 Å². The molecule has 0 aromatic heterocycles. The Labute approximate surface area is 139 Å². The Hall–Kier alpha value is -0.913. The van der Waals surface area contributed by atoms with Crippen molar-refractivity contribution in [1.29, 1.82) is 0 Å². The molecule has 0 aromatic rings. The largest absolute Gasteiger partial charge is 1.00 e. The minimum atomic E-state index is -8.23. The van der Waals surface area contributed by atoms with Gasteiger partial charge < -0.3 is 9.90 Å². The van der Waals surface area contributed by atoms with Crippen molar-refractivity contribution in [2.75, 3.05) is 0 Å². The summed E-state index contributed by atoms with van der Waals surface area (Å²) < 4.78 is 174. The van der Waals surface area contributed by atoms with Crippen molar-refractivity contribution < 1.29 is 90.2 Å². The Morgan fingerprint density at radius 2 is 0.920 bits per heavy atom. The molecule has 0 saturated heterocycles. The molecule has 0 aliphatic rings. The van der Waals surface area contributed by atoms with Gasteiger partial charge in [-0.3, -0.25) is 0 Å². The van der Waals surface area contributed by atoms with E-state index >= 15 is 0 Å². The number of halogens is 14. The van der Waals surface area contributed by atoms with Gasteiger partial charge in [0.1, 0.15) is 5.97 Å². The monoisotopic (exact) mass is 402 g/mol. The van der Waals surface area contributed by atoms with Gasteiger partial charge in [-0.2, -0.15) is 52.7 Å². The van der Waals surface area contributed by atoms with E-state index in [1.54, 1.807) is 0 Å². The maximum atomic E-state index is 12.8. The van der Waals surface area contributed by atoms with Gasteiger partial charge in [-0.1, -0.05) is 0 Å². The Morgan fingerprint density at radius 1 is 0.640 bits per heavy atom. The second-order valence-corrected chi connectivity index (χ2v) is 4.08. The van der Waals surface area contributed by atoms with E-state index in [0.717, 1.165) is 0 Å². The first-order valence-electron chi connectivity index (χ1n) is 4.90. The topological polar surface area (TPSA) is 40.1 Å². The fourth-order valence-electron chi connectivity index (χ4n) is 1.07. The van der Waals surface area contributed by atoms with E-state index in [1.165, 1.54) is 0 Å². The molecule has 17 heteroatoms. The van der Waals surface area contributed by atoms with Gasteiger partial charge >= 0.3 is 60.8 Å². The first-order chi connectivity index (χ1) is 10.1. The number of aliphatic carboxylic acids is 1. The second-order valence-electron chi connectivity index (χ2n) is 4.08. The quantitative estimate of drug-likeness (QED) is 0.438. The molecule has 25 heavy (non-hydrogen) atoms. The summed E-state index contributed by atoms with van der Waals surface area (Å²) in [5.74, 6) is -51.4. The van der Waals surface area contributed by atoms with Crippen LogP contribution in [0.2, 0.25) is 0 Å². The van der Waals surface area contributed by atoms with Crippen molar-refractivity contribution in [3.8, 4) is 0 Å². The third-order valence-electron chi connectivity index (χ3n) is 2.53. The van der Waals surface area contributed by atoms with Gasteiger partial charge in [0.25, 0.3) is 0 Å². The van der Waals surface area contributed by atoms with Crippen molar-refractivity contribution in [3.05, 3.63) is 0 Å². The minimum Gasteiger partial charge on any atom is -0.544 e. The summed E-state index contributed by atoms with van der Waals surface area (Å²) in [5.41, 5.74) is 0. The molecule has 0 spiro atoms. The van der Waals surface area contributed by atoms with Crippen molar-refractivity contribution >= 4 is 5.97 Å². The zero-order valence-corrected chi connectivity index (χ0v) is 11.2. The molecular weight excluding hydrogens is 401 g/mol. The van der Waals surface area contributed by atoms with Crippen LogP contribution in [0.5, 0.6) is 0 Å². The fourth-order valence-corrected chi connectivity index (χ4v) is 1.07. The molecule has 0 aromatic carbocycles. The van der Waals surface area contributed by atoms with Crippen LogP contribution in [0.25, 0.3) is 0 Å². The van der Waals surface area contributed by atoms with Crippen molar-refractivity contribution in [3.63, 3.8) is 0 Å². The standard InChI is InChI=1S/C8H2F14O2.Li/c9-1(10)3(11,12)5(15,16)7(19,20)8(21,22)6(17,18)4(13,14)2(23)24;/h1H,(H,23,24);/q;+1/p-1. The van der Waals surface area contributed by atoms with Crippen LogP contribution in [0.3, 0.4) is 0 Å². The third kappa shape index (κ3) is 3.26. The van der Waals surface area contributed by atoms with Crippen molar-refractivity contribution in [2.45, 2.75) is 42.0 Å². The first kappa shape index (κ1) is 26.3. The molecule has 0 rings (SSSR count). The SMILES string of the molecule is O=C([O-])C(F)(F)C(F)(F)C(F)(F)C(F)(F)C(F)(F)C(F)(F)C(F)F.[Li+]. The van der Waals surface area contributed by atoms with Crippen molar-refractivity contribution in [1.82, 2.24) is 0 Å². The van der Waals surface area contributed by atoms with Gasteiger partial charge in [-0.05, 0) is 0 Å². The number of alkyl halides is 14. The Bertz CT molecular complexity index is 501. The van der Waals surface area contributed by atoms with Gasteiger partial charge in [0.2, 0.25) is 0 Å². The van der Waals surface area contributed by atoms with Crippen LogP contribution in [-0.2, 0) is 4.79 Å². The van der Waals surface area contributed by atoms with Crippen LogP contribution in [-0.4, -0.2) is 47.9 Å². The van der Waals surface area contributed by atoms with E-state index in [1.807, 2.05) is 0 Å². The molecule has 0 saturated carbocycles. The number of hydrogen-bond acceptors (Lipinski definition) is 2. The first-order valence-corrected chi connectivity index (χ1v) is 4.90. The van der Waals surface area contributed by atoms with Crippen LogP contribution in [0.4, 0.5) is 61.5 Å². The summed E-state index contributed by atoms with van der Waals surface area (Å²) in [7, 11) is 0. The number of carboxylic acids is 1. The summed E-state index contributed by atoms with van der Waals surface area (Å²) in [6.07, 6.45) is -5.80. The maximum absolute atomic E-state index is 12.8. The Morgan fingerprint density at radius 3 is 1.16 bits per heavy atom. The van der Waals surface area contributed by atoms with E-state index in [0.29, 0.717) is 0 Å². The molecule has 0 aliphatic carbocycles. The van der Waals surface area contributed by atoms with Crippen LogP contribution in [0.1, 0.15) is 0 Å². The molecular formula is C8HF14LiO2. The fraction of sp³-hybridized carbons (Fsp3) is 0.875. The smallest absolute Gasteiger partial charge is 0.544 e. The minimum absolute atomic E-state index is 0. The average Bonchev–Trinajstić information content (AvgIpc) is 2.36. The molecule has 0 atom stereocenters. The van der Waals surface area contributed by atoms with Crippen LogP contribution >= 0.6 is 0 Å². The number of hydrogen-bond donors (Lipinski definition) is 0. The molecule has 144 valence electrons. The summed E-state index contributed by atoms with van der Waals surface area (Å²) in [6.45, 7) is 0. The third-order valence-corrected chi connectivity index (χ3v) is 2.53. The van der Waals surface area contributed by atoms with Crippen molar-refractivity contribution in [2.24, 2.45) is 0 Å². The van der Waals surface area contributed by atoms with Crippen LogP contribution < -0.4 is 24.0 Å². The predicted molar refractivity (Wildman–Crippen MR) is 40.7 cm³/mol. The van der Waals surface area contributed by atoms with Gasteiger partial charge in [-0.25, -0.2) is 8.78 Å². The maximum Gasteiger partial charge on any atom is 1.00 e. The summed E-state index contributed by atoms with van der Waals surface area (Å²) in [4.78, 5) is 9.62. The van der Waals surface area contributed by atoms with Crippen LogP contribution in [0.15, 0.2) is 0 Å². The molecule has 0 radical (unpaired) electrons. The molecule has 0 fully saturated rings. The molecule has 0 bridgehead atoms. The second kappa shape index (κ2) is 6.67. The molecule has 2 nitrogen and oxygen atoms in total. The van der Waals surface area contributed by atoms with Gasteiger partial charge in [-0.15, -0.1) is 0 Å². The molecule has 0 aliphatic heterocycles. The summed E-state index contributed by atoms with van der Waals surface area (Å²) >= 11 is 0. The Balaban J connectivity index is 0. The van der Waals surface area contributed by atoms with Gasteiger partial charge in [0, 0.05) is 0 Å². The molecule has 0 N–H and O–H groups in total. The molecule has 0 heterocycles. The average molecular weight is 402 g/mol. The van der Waals surface area contributed by atoms with E-state index in [2.05, 4.69) is 0 Å². The number of carbonyl (C=O) groups is 1.